The molecule has 0 aliphatic rings. The number of carbonyl (C=O) groups excluding carboxylic acids is 2. The lowest BCUT2D eigenvalue weighted by atomic mass is 10.1. The third-order valence-electron chi connectivity index (χ3n) is 4.13. The number of benzene rings is 2. The van der Waals surface area contributed by atoms with E-state index >= 15 is 0 Å². The molecule has 0 aliphatic carbocycles. The van der Waals surface area contributed by atoms with Gasteiger partial charge in [0.15, 0.2) is 6.61 Å². The minimum Gasteiger partial charge on any atom is -0.496 e. The van der Waals surface area contributed by atoms with E-state index in [2.05, 4.69) is 10.6 Å². The number of rotatable bonds is 9. The van der Waals surface area contributed by atoms with Crippen molar-refractivity contribution in [2.45, 2.75) is 26.3 Å². The third kappa shape index (κ3) is 5.90. The molecule has 2 aromatic carbocycles. The molecule has 7 nitrogen and oxygen atoms in total. The van der Waals surface area contributed by atoms with Crippen LogP contribution >= 0.6 is 0 Å². The molecule has 28 heavy (non-hydrogen) atoms. The van der Waals surface area contributed by atoms with E-state index in [0.29, 0.717) is 28.5 Å². The van der Waals surface area contributed by atoms with Crippen molar-refractivity contribution < 1.29 is 23.8 Å². The molecule has 0 bridgehead atoms. The molecule has 0 heterocycles. The van der Waals surface area contributed by atoms with Gasteiger partial charge in [0.25, 0.3) is 11.8 Å². The molecule has 0 aromatic heterocycles. The van der Waals surface area contributed by atoms with Gasteiger partial charge in [-0.1, -0.05) is 19.1 Å². The van der Waals surface area contributed by atoms with E-state index in [9.17, 15) is 9.59 Å². The summed E-state index contributed by atoms with van der Waals surface area (Å²) in [6.45, 7) is 3.69. The number of carbonyl (C=O) groups is 2. The molecule has 0 fully saturated rings. The van der Waals surface area contributed by atoms with Gasteiger partial charge in [0.05, 0.1) is 25.5 Å². The van der Waals surface area contributed by atoms with Crippen molar-refractivity contribution in [2.75, 3.05) is 26.1 Å². The third-order valence-corrected chi connectivity index (χ3v) is 4.13. The first kappa shape index (κ1) is 21.1. The smallest absolute Gasteiger partial charge is 0.262 e. The van der Waals surface area contributed by atoms with Crippen LogP contribution in [0.15, 0.2) is 42.5 Å². The molecule has 0 aliphatic heterocycles. The first-order chi connectivity index (χ1) is 13.5. The molecular formula is C21H26N2O5. The fourth-order valence-electron chi connectivity index (χ4n) is 2.39. The summed E-state index contributed by atoms with van der Waals surface area (Å²) in [7, 11) is 3.07. The minimum absolute atomic E-state index is 0.0441. The molecule has 1 atom stereocenters. The molecule has 2 N–H and O–H groups in total. The summed E-state index contributed by atoms with van der Waals surface area (Å²) in [6.07, 6.45) is 0.818. The molecule has 0 saturated carbocycles. The number of hydrogen-bond donors (Lipinski definition) is 2. The summed E-state index contributed by atoms with van der Waals surface area (Å²) in [5.41, 5.74) is 0.833. The molecule has 2 amide bonds. The van der Waals surface area contributed by atoms with Crippen molar-refractivity contribution in [1.29, 1.82) is 0 Å². The van der Waals surface area contributed by atoms with Gasteiger partial charge in [-0.15, -0.1) is 0 Å². The van der Waals surface area contributed by atoms with Crippen molar-refractivity contribution in [1.82, 2.24) is 5.32 Å². The second-order valence-electron chi connectivity index (χ2n) is 6.21. The van der Waals surface area contributed by atoms with Crippen LogP contribution in [0, 0.1) is 0 Å². The van der Waals surface area contributed by atoms with E-state index in [1.165, 1.54) is 14.2 Å². The van der Waals surface area contributed by atoms with Crippen LogP contribution in [0.4, 0.5) is 5.69 Å². The Hall–Kier alpha value is -3.22. The molecule has 2 aromatic rings. The Morgan fingerprint density at radius 1 is 1.00 bits per heavy atom. The standard InChI is InChI=1S/C21H26N2O5/c1-5-14(2)22-21(25)18-8-6-7-9-19(18)23-20(24)13-28-17-11-15(26-3)10-16(12-17)27-4/h6-12,14H,5,13H2,1-4H3,(H,22,25)(H,23,24). The summed E-state index contributed by atoms with van der Waals surface area (Å²) in [4.78, 5) is 24.7. The highest BCUT2D eigenvalue weighted by Crippen LogP contribution is 2.27. The van der Waals surface area contributed by atoms with Crippen LogP contribution in [0.25, 0.3) is 0 Å². The molecule has 0 spiro atoms. The Kier molecular flexibility index (Phi) is 7.68. The molecular weight excluding hydrogens is 360 g/mol. The van der Waals surface area contributed by atoms with Gasteiger partial charge < -0.3 is 24.8 Å². The molecule has 1 unspecified atom stereocenters. The monoisotopic (exact) mass is 386 g/mol. The van der Waals surface area contributed by atoms with Crippen molar-refractivity contribution in [2.24, 2.45) is 0 Å². The SMILES string of the molecule is CCC(C)NC(=O)c1ccccc1NC(=O)COc1cc(OC)cc(OC)c1. The number of methoxy groups -OCH3 is 2. The lowest BCUT2D eigenvalue weighted by molar-refractivity contribution is -0.118. The fraction of sp³-hybridized carbons (Fsp3) is 0.333. The van der Waals surface area contributed by atoms with Crippen molar-refractivity contribution in [3.8, 4) is 17.2 Å². The lowest BCUT2D eigenvalue weighted by Gasteiger charge is -2.15. The average molecular weight is 386 g/mol. The van der Waals surface area contributed by atoms with E-state index in [4.69, 9.17) is 14.2 Å². The van der Waals surface area contributed by atoms with Crippen LogP contribution in [0.1, 0.15) is 30.6 Å². The van der Waals surface area contributed by atoms with Gasteiger partial charge in [0.2, 0.25) is 0 Å². The summed E-state index contributed by atoms with van der Waals surface area (Å²) in [6, 6.07) is 11.9. The number of anilines is 1. The molecule has 0 radical (unpaired) electrons. The van der Waals surface area contributed by atoms with Crippen molar-refractivity contribution in [3.05, 3.63) is 48.0 Å². The van der Waals surface area contributed by atoms with Crippen LogP contribution in [-0.2, 0) is 4.79 Å². The Balaban J connectivity index is 2.03. The molecule has 7 heteroatoms. The zero-order valence-corrected chi connectivity index (χ0v) is 16.6. The van der Waals surface area contributed by atoms with Crippen LogP contribution in [0.5, 0.6) is 17.2 Å². The van der Waals surface area contributed by atoms with E-state index in [1.807, 2.05) is 13.8 Å². The lowest BCUT2D eigenvalue weighted by Crippen LogP contribution is -2.33. The highest BCUT2D eigenvalue weighted by molar-refractivity contribution is 6.04. The Bertz CT molecular complexity index is 800. The predicted octanol–water partition coefficient (Wildman–Crippen LogP) is 3.25. The second-order valence-corrected chi connectivity index (χ2v) is 6.21. The van der Waals surface area contributed by atoms with Crippen molar-refractivity contribution in [3.63, 3.8) is 0 Å². The van der Waals surface area contributed by atoms with Crippen LogP contribution in [-0.4, -0.2) is 38.7 Å². The minimum atomic E-state index is -0.384. The summed E-state index contributed by atoms with van der Waals surface area (Å²) in [5.74, 6) is 0.937. The van der Waals surface area contributed by atoms with Gasteiger partial charge >= 0.3 is 0 Å². The maximum Gasteiger partial charge on any atom is 0.262 e. The van der Waals surface area contributed by atoms with Gasteiger partial charge in [-0.2, -0.15) is 0 Å². The number of para-hydroxylation sites is 1. The Morgan fingerprint density at radius 3 is 2.21 bits per heavy atom. The first-order valence-electron chi connectivity index (χ1n) is 9.02. The number of hydrogen-bond acceptors (Lipinski definition) is 5. The largest absolute Gasteiger partial charge is 0.496 e. The van der Waals surface area contributed by atoms with E-state index in [-0.39, 0.29) is 24.5 Å². The maximum atomic E-state index is 12.4. The van der Waals surface area contributed by atoms with E-state index in [1.54, 1.807) is 42.5 Å². The van der Waals surface area contributed by atoms with Gasteiger partial charge in [-0.05, 0) is 25.5 Å². The highest BCUT2D eigenvalue weighted by atomic mass is 16.5. The maximum absolute atomic E-state index is 12.4. The number of ether oxygens (including phenoxy) is 3. The van der Waals surface area contributed by atoms with Gasteiger partial charge in [-0.3, -0.25) is 9.59 Å². The molecule has 0 saturated heterocycles. The molecule has 150 valence electrons. The summed E-state index contributed by atoms with van der Waals surface area (Å²) < 4.78 is 15.9. The normalized spacial score (nSPS) is 11.3. The summed E-state index contributed by atoms with van der Waals surface area (Å²) in [5, 5.41) is 5.62. The fourth-order valence-corrected chi connectivity index (χ4v) is 2.39. The quantitative estimate of drug-likeness (QED) is 0.691. The number of nitrogens with one attached hydrogen (secondary N) is 2. The second kappa shape index (κ2) is 10.2. The van der Waals surface area contributed by atoms with Gasteiger partial charge in [-0.25, -0.2) is 0 Å². The average Bonchev–Trinajstić information content (AvgIpc) is 2.72. The van der Waals surface area contributed by atoms with Crippen molar-refractivity contribution >= 4 is 17.5 Å². The Labute approximate surface area is 165 Å². The van der Waals surface area contributed by atoms with E-state index < -0.39 is 0 Å². The summed E-state index contributed by atoms with van der Waals surface area (Å²) >= 11 is 0. The first-order valence-corrected chi connectivity index (χ1v) is 9.02. The topological polar surface area (TPSA) is 85.9 Å². The predicted molar refractivity (Wildman–Crippen MR) is 107 cm³/mol. The van der Waals surface area contributed by atoms with E-state index in [0.717, 1.165) is 6.42 Å². The van der Waals surface area contributed by atoms with Crippen LogP contribution in [0.3, 0.4) is 0 Å². The molecule has 2 rings (SSSR count). The zero-order valence-electron chi connectivity index (χ0n) is 16.6. The Morgan fingerprint density at radius 2 is 1.61 bits per heavy atom. The van der Waals surface area contributed by atoms with Crippen LogP contribution in [0.2, 0.25) is 0 Å². The highest BCUT2D eigenvalue weighted by Gasteiger charge is 2.15. The number of amides is 2. The van der Waals surface area contributed by atoms with Gasteiger partial charge in [0, 0.05) is 24.2 Å². The van der Waals surface area contributed by atoms with Crippen LogP contribution < -0.4 is 24.8 Å². The van der Waals surface area contributed by atoms with Gasteiger partial charge in [0.1, 0.15) is 17.2 Å². The zero-order chi connectivity index (χ0) is 20.5.